The first kappa shape index (κ1) is 14.5. The highest BCUT2D eigenvalue weighted by Crippen LogP contribution is 2.40. The second kappa shape index (κ2) is 6.53. The standard InChI is InChI=1S/C15H27N3O/c1-4-19-15(9-7-5-6-8-10-15)14(16-2)13-11-17-18(3)12-13/h11-12,14,16H,4-10H2,1-3H3. The van der Waals surface area contributed by atoms with Crippen LogP contribution in [0.1, 0.15) is 57.1 Å². The lowest BCUT2D eigenvalue weighted by atomic mass is 9.83. The van der Waals surface area contributed by atoms with Gasteiger partial charge in [0.25, 0.3) is 0 Å². The van der Waals surface area contributed by atoms with Gasteiger partial charge >= 0.3 is 0 Å². The molecule has 1 saturated carbocycles. The van der Waals surface area contributed by atoms with Gasteiger partial charge in [0.05, 0.1) is 17.8 Å². The number of hydrogen-bond donors (Lipinski definition) is 1. The normalized spacial score (nSPS) is 21.0. The van der Waals surface area contributed by atoms with Crippen LogP contribution in [-0.4, -0.2) is 29.0 Å². The molecule has 0 aliphatic heterocycles. The second-order valence-corrected chi connectivity index (χ2v) is 5.58. The quantitative estimate of drug-likeness (QED) is 0.832. The Morgan fingerprint density at radius 3 is 2.53 bits per heavy atom. The SMILES string of the molecule is CCOC1(C(NC)c2cnn(C)c2)CCCCCC1. The Morgan fingerprint density at radius 2 is 2.05 bits per heavy atom. The first-order valence-corrected chi connectivity index (χ1v) is 7.51. The number of likely N-dealkylation sites (N-methyl/N-ethyl adjacent to an activating group) is 1. The lowest BCUT2D eigenvalue weighted by Crippen LogP contribution is -2.45. The molecule has 0 saturated heterocycles. The van der Waals surface area contributed by atoms with E-state index in [0.717, 1.165) is 19.4 Å². The summed E-state index contributed by atoms with van der Waals surface area (Å²) in [6, 6.07) is 0.235. The predicted octanol–water partition coefficient (Wildman–Crippen LogP) is 2.81. The molecule has 1 N–H and O–H groups in total. The van der Waals surface area contributed by atoms with Crippen molar-refractivity contribution in [1.29, 1.82) is 0 Å². The molecule has 1 aromatic rings. The van der Waals surface area contributed by atoms with Gasteiger partial charge in [-0.3, -0.25) is 4.68 Å². The number of ether oxygens (including phenoxy) is 1. The van der Waals surface area contributed by atoms with Crippen molar-refractivity contribution in [3.8, 4) is 0 Å². The number of aryl methyl sites for hydroxylation is 1. The maximum Gasteiger partial charge on any atom is 0.0877 e. The summed E-state index contributed by atoms with van der Waals surface area (Å²) in [5.41, 5.74) is 1.17. The van der Waals surface area contributed by atoms with Crippen molar-refractivity contribution in [2.45, 2.75) is 57.1 Å². The van der Waals surface area contributed by atoms with Crippen LogP contribution >= 0.6 is 0 Å². The Hall–Kier alpha value is -0.870. The lowest BCUT2D eigenvalue weighted by molar-refractivity contribution is -0.0767. The summed E-state index contributed by atoms with van der Waals surface area (Å²) >= 11 is 0. The van der Waals surface area contributed by atoms with Crippen LogP contribution < -0.4 is 5.32 Å². The van der Waals surface area contributed by atoms with E-state index in [1.165, 1.54) is 31.2 Å². The molecular formula is C15H27N3O. The Bertz CT molecular complexity index is 380. The van der Waals surface area contributed by atoms with Crippen molar-refractivity contribution < 1.29 is 4.74 Å². The molecule has 0 radical (unpaired) electrons. The zero-order chi connectivity index (χ0) is 13.7. The average Bonchev–Trinajstić information content (AvgIpc) is 2.67. The molecule has 4 heteroatoms. The van der Waals surface area contributed by atoms with Crippen LogP contribution in [0.5, 0.6) is 0 Å². The van der Waals surface area contributed by atoms with Crippen molar-refractivity contribution in [2.75, 3.05) is 13.7 Å². The fraction of sp³-hybridized carbons (Fsp3) is 0.800. The molecule has 19 heavy (non-hydrogen) atoms. The monoisotopic (exact) mass is 265 g/mol. The van der Waals surface area contributed by atoms with Gasteiger partial charge in [0.2, 0.25) is 0 Å². The van der Waals surface area contributed by atoms with Gasteiger partial charge in [0, 0.05) is 25.4 Å². The molecule has 1 atom stereocenters. The van der Waals surface area contributed by atoms with Crippen molar-refractivity contribution in [2.24, 2.45) is 7.05 Å². The maximum absolute atomic E-state index is 6.27. The largest absolute Gasteiger partial charge is 0.373 e. The van der Waals surface area contributed by atoms with Crippen molar-refractivity contribution in [1.82, 2.24) is 15.1 Å². The zero-order valence-corrected chi connectivity index (χ0v) is 12.5. The fourth-order valence-corrected chi connectivity index (χ4v) is 3.45. The summed E-state index contributed by atoms with van der Waals surface area (Å²) in [5, 5.41) is 7.79. The Kier molecular flexibility index (Phi) is 4.99. The number of nitrogens with one attached hydrogen (secondary N) is 1. The van der Waals surface area contributed by atoms with E-state index in [1.807, 2.05) is 25.0 Å². The minimum Gasteiger partial charge on any atom is -0.373 e. The molecule has 4 nitrogen and oxygen atoms in total. The minimum atomic E-state index is -0.0664. The maximum atomic E-state index is 6.27. The number of aromatic nitrogens is 2. The molecule has 1 aromatic heterocycles. The van der Waals surface area contributed by atoms with E-state index in [9.17, 15) is 0 Å². The molecule has 0 aromatic carbocycles. The van der Waals surface area contributed by atoms with Gasteiger partial charge in [-0.05, 0) is 26.8 Å². The van der Waals surface area contributed by atoms with E-state index in [0.29, 0.717) is 0 Å². The Morgan fingerprint density at radius 1 is 1.37 bits per heavy atom. The summed E-state index contributed by atoms with van der Waals surface area (Å²) in [7, 11) is 4.00. The van der Waals surface area contributed by atoms with Gasteiger partial charge in [0.15, 0.2) is 0 Å². The highest BCUT2D eigenvalue weighted by atomic mass is 16.5. The molecule has 0 spiro atoms. The van der Waals surface area contributed by atoms with Gasteiger partial charge in [-0.1, -0.05) is 25.7 Å². The second-order valence-electron chi connectivity index (χ2n) is 5.58. The van der Waals surface area contributed by atoms with Gasteiger partial charge < -0.3 is 10.1 Å². The number of rotatable bonds is 5. The highest BCUT2D eigenvalue weighted by molar-refractivity contribution is 5.16. The molecule has 0 bridgehead atoms. The molecule has 1 aliphatic carbocycles. The Labute approximate surface area is 116 Å². The third-order valence-corrected chi connectivity index (χ3v) is 4.25. The average molecular weight is 265 g/mol. The van der Waals surface area contributed by atoms with E-state index in [1.54, 1.807) is 0 Å². The molecular weight excluding hydrogens is 238 g/mol. The Balaban J connectivity index is 2.28. The van der Waals surface area contributed by atoms with Crippen LogP contribution in [0.2, 0.25) is 0 Å². The molecule has 0 amide bonds. The topological polar surface area (TPSA) is 39.1 Å². The minimum absolute atomic E-state index is 0.0664. The van der Waals surface area contributed by atoms with Crippen LogP contribution in [0.15, 0.2) is 12.4 Å². The predicted molar refractivity (Wildman–Crippen MR) is 77.1 cm³/mol. The molecule has 108 valence electrons. The summed E-state index contributed by atoms with van der Waals surface area (Å²) in [6.07, 6.45) is 11.5. The number of nitrogens with zero attached hydrogens (tertiary/aromatic N) is 2. The molecule has 1 unspecified atom stereocenters. The molecule has 1 heterocycles. The first-order chi connectivity index (χ1) is 9.22. The molecule has 2 rings (SSSR count). The lowest BCUT2D eigenvalue weighted by Gasteiger charge is -2.39. The molecule has 1 fully saturated rings. The van der Waals surface area contributed by atoms with Crippen LogP contribution in [0.25, 0.3) is 0 Å². The van der Waals surface area contributed by atoms with Gasteiger partial charge in [0.1, 0.15) is 0 Å². The van der Waals surface area contributed by atoms with Crippen LogP contribution in [-0.2, 0) is 11.8 Å². The van der Waals surface area contributed by atoms with E-state index in [-0.39, 0.29) is 11.6 Å². The summed E-state index contributed by atoms with van der Waals surface area (Å²) < 4.78 is 8.14. The van der Waals surface area contributed by atoms with Crippen molar-refractivity contribution in [3.63, 3.8) is 0 Å². The summed E-state index contributed by atoms with van der Waals surface area (Å²) in [5.74, 6) is 0. The summed E-state index contributed by atoms with van der Waals surface area (Å²) in [6.45, 7) is 2.88. The van der Waals surface area contributed by atoms with Gasteiger partial charge in [-0.2, -0.15) is 5.10 Å². The third kappa shape index (κ3) is 3.18. The van der Waals surface area contributed by atoms with E-state index < -0.39 is 0 Å². The van der Waals surface area contributed by atoms with Gasteiger partial charge in [-0.25, -0.2) is 0 Å². The highest BCUT2D eigenvalue weighted by Gasteiger charge is 2.40. The van der Waals surface area contributed by atoms with Crippen molar-refractivity contribution in [3.05, 3.63) is 18.0 Å². The van der Waals surface area contributed by atoms with Crippen LogP contribution in [0.3, 0.4) is 0 Å². The van der Waals surface area contributed by atoms with E-state index in [2.05, 4.69) is 23.5 Å². The molecule has 1 aliphatic rings. The first-order valence-electron chi connectivity index (χ1n) is 7.51. The fourth-order valence-electron chi connectivity index (χ4n) is 3.45. The third-order valence-electron chi connectivity index (χ3n) is 4.25. The van der Waals surface area contributed by atoms with Crippen LogP contribution in [0, 0.1) is 0 Å². The number of hydrogen-bond acceptors (Lipinski definition) is 3. The zero-order valence-electron chi connectivity index (χ0n) is 12.5. The van der Waals surface area contributed by atoms with Gasteiger partial charge in [-0.15, -0.1) is 0 Å². The van der Waals surface area contributed by atoms with E-state index >= 15 is 0 Å². The van der Waals surface area contributed by atoms with E-state index in [4.69, 9.17) is 4.74 Å². The summed E-state index contributed by atoms with van der Waals surface area (Å²) in [4.78, 5) is 0. The van der Waals surface area contributed by atoms with Crippen molar-refractivity contribution >= 4 is 0 Å². The smallest absolute Gasteiger partial charge is 0.0877 e. The van der Waals surface area contributed by atoms with Crippen LogP contribution in [0.4, 0.5) is 0 Å².